The van der Waals surface area contributed by atoms with Crippen molar-refractivity contribution in [2.75, 3.05) is 0 Å². The van der Waals surface area contributed by atoms with Crippen LogP contribution in [0, 0.1) is 35.5 Å². The molecule has 0 heteroatoms. The van der Waals surface area contributed by atoms with Crippen molar-refractivity contribution in [2.24, 2.45) is 35.5 Å². The summed E-state index contributed by atoms with van der Waals surface area (Å²) in [6, 6.07) is 0. The predicted octanol–water partition coefficient (Wildman–Crippen LogP) is 9.51. The Morgan fingerprint density at radius 2 is 1.03 bits per heavy atom. The van der Waals surface area contributed by atoms with E-state index < -0.39 is 0 Å². The summed E-state index contributed by atoms with van der Waals surface area (Å²) in [7, 11) is 0. The Bertz CT molecular complexity index is 462. The third kappa shape index (κ3) is 7.91. The number of hydrogen-bond acceptors (Lipinski definition) is 0. The number of allylic oxidation sites excluding steroid dienone is 4. The molecule has 0 spiro atoms. The molecule has 0 radical (unpaired) electrons. The summed E-state index contributed by atoms with van der Waals surface area (Å²) in [5, 5.41) is 0. The molecule has 3 saturated carbocycles. The van der Waals surface area contributed by atoms with Crippen LogP contribution in [-0.4, -0.2) is 0 Å². The summed E-state index contributed by atoms with van der Waals surface area (Å²) >= 11 is 0. The van der Waals surface area contributed by atoms with Gasteiger partial charge in [-0.3, -0.25) is 0 Å². The molecule has 0 unspecified atom stereocenters. The minimum Gasteiger partial charge on any atom is -0.0914 e. The molecule has 0 aromatic carbocycles. The van der Waals surface area contributed by atoms with Crippen molar-refractivity contribution in [1.29, 1.82) is 0 Å². The van der Waals surface area contributed by atoms with Gasteiger partial charge in [0.05, 0.1) is 0 Å². The van der Waals surface area contributed by atoms with Gasteiger partial charge < -0.3 is 0 Å². The van der Waals surface area contributed by atoms with E-state index in [4.69, 9.17) is 0 Å². The highest BCUT2D eigenvalue weighted by Crippen LogP contribution is 2.42. The second kappa shape index (κ2) is 13.0. The van der Waals surface area contributed by atoms with E-state index >= 15 is 0 Å². The molecular weight excluding hydrogens is 348 g/mol. The van der Waals surface area contributed by atoms with Crippen LogP contribution in [-0.2, 0) is 0 Å². The van der Waals surface area contributed by atoms with Gasteiger partial charge in [-0.1, -0.05) is 63.3 Å². The molecule has 0 aromatic heterocycles. The summed E-state index contributed by atoms with van der Waals surface area (Å²) < 4.78 is 0. The third-order valence-electron chi connectivity index (χ3n) is 8.78. The molecule has 3 rings (SSSR count). The molecule has 0 N–H and O–H groups in total. The average Bonchev–Trinajstić information content (AvgIpc) is 2.77. The zero-order chi connectivity index (χ0) is 20.3. The summed E-state index contributed by atoms with van der Waals surface area (Å²) in [6.45, 7) is 4.50. The zero-order valence-electron chi connectivity index (χ0n) is 19.8. The predicted molar refractivity (Wildman–Crippen MR) is 129 cm³/mol. The molecule has 0 saturated heterocycles. The normalized spacial score (nSPS) is 36.8. The molecular formula is C29H50. The minimum atomic E-state index is 0.891. The van der Waals surface area contributed by atoms with Gasteiger partial charge in [0.25, 0.3) is 0 Å². The lowest BCUT2D eigenvalue weighted by molar-refractivity contribution is 0.166. The van der Waals surface area contributed by atoms with Crippen molar-refractivity contribution >= 4 is 0 Å². The third-order valence-corrected chi connectivity index (χ3v) is 8.78. The van der Waals surface area contributed by atoms with Crippen molar-refractivity contribution < 1.29 is 0 Å². The zero-order valence-corrected chi connectivity index (χ0v) is 19.8. The van der Waals surface area contributed by atoms with Crippen LogP contribution in [0.2, 0.25) is 0 Å². The Kier molecular flexibility index (Phi) is 10.4. The second-order valence-electron chi connectivity index (χ2n) is 10.9. The van der Waals surface area contributed by atoms with Gasteiger partial charge in [-0.25, -0.2) is 0 Å². The van der Waals surface area contributed by atoms with E-state index in [1.807, 2.05) is 0 Å². The molecule has 3 aliphatic carbocycles. The monoisotopic (exact) mass is 398 g/mol. The fraction of sp³-hybridized carbons (Fsp3) is 0.862. The van der Waals surface area contributed by atoms with Crippen LogP contribution in [0.3, 0.4) is 0 Å². The van der Waals surface area contributed by atoms with Crippen molar-refractivity contribution in [2.45, 2.75) is 123 Å². The summed E-state index contributed by atoms with van der Waals surface area (Å²) in [5.74, 6) is 5.85. The highest BCUT2D eigenvalue weighted by atomic mass is 14.3. The van der Waals surface area contributed by atoms with Gasteiger partial charge in [0.15, 0.2) is 0 Å². The van der Waals surface area contributed by atoms with E-state index in [1.54, 1.807) is 0 Å². The molecule has 0 aliphatic heterocycles. The Hall–Kier alpha value is -0.520. The van der Waals surface area contributed by atoms with E-state index in [0.29, 0.717) is 0 Å². The highest BCUT2D eigenvalue weighted by Gasteiger charge is 2.29. The lowest BCUT2D eigenvalue weighted by atomic mass is 9.69. The maximum Gasteiger partial charge on any atom is -0.0233 e. The molecule has 0 amide bonds. The quantitative estimate of drug-likeness (QED) is 0.268. The maximum atomic E-state index is 2.66. The van der Waals surface area contributed by atoms with E-state index in [2.05, 4.69) is 38.2 Å². The highest BCUT2D eigenvalue weighted by molar-refractivity contribution is 4.97. The topological polar surface area (TPSA) is 0 Å². The molecule has 0 bridgehead atoms. The van der Waals surface area contributed by atoms with Crippen molar-refractivity contribution in [1.82, 2.24) is 0 Å². The van der Waals surface area contributed by atoms with Crippen molar-refractivity contribution in [3.8, 4) is 0 Å². The molecule has 166 valence electrons. The van der Waals surface area contributed by atoms with Gasteiger partial charge in [-0.15, -0.1) is 0 Å². The smallest absolute Gasteiger partial charge is 0.0233 e. The van der Waals surface area contributed by atoms with E-state index in [9.17, 15) is 0 Å². The van der Waals surface area contributed by atoms with Gasteiger partial charge in [-0.05, 0) is 119 Å². The maximum absolute atomic E-state index is 2.66. The molecule has 0 nitrogen and oxygen atoms in total. The van der Waals surface area contributed by atoms with Gasteiger partial charge in [0.1, 0.15) is 0 Å². The van der Waals surface area contributed by atoms with E-state index in [1.165, 1.54) is 109 Å². The molecule has 3 aliphatic rings. The fourth-order valence-corrected chi connectivity index (χ4v) is 6.73. The van der Waals surface area contributed by atoms with Crippen molar-refractivity contribution in [3.05, 3.63) is 24.3 Å². The second-order valence-corrected chi connectivity index (χ2v) is 10.9. The molecule has 0 heterocycles. The standard InChI is InChI=1S/C29H50/c1-3-5-6-7-9-25-10-12-26(13-11-25)14-15-27-18-22-29(23-19-27)28-20-16-24(8-4-2)17-21-28/h4,8,14-15,24-29H,3,5-7,9-13,16-23H2,1-2H3/b8-4?,15-14+. The van der Waals surface area contributed by atoms with Crippen LogP contribution in [0.4, 0.5) is 0 Å². The van der Waals surface area contributed by atoms with Crippen LogP contribution in [0.15, 0.2) is 24.3 Å². The Morgan fingerprint density at radius 3 is 1.52 bits per heavy atom. The largest absolute Gasteiger partial charge is 0.0914 e. The van der Waals surface area contributed by atoms with E-state index in [-0.39, 0.29) is 0 Å². The molecule has 0 aromatic rings. The Balaban J connectivity index is 1.29. The first-order valence-corrected chi connectivity index (χ1v) is 13.6. The lowest BCUT2D eigenvalue weighted by Gasteiger charge is -2.37. The Labute approximate surface area is 183 Å². The number of rotatable bonds is 9. The van der Waals surface area contributed by atoms with Crippen molar-refractivity contribution in [3.63, 3.8) is 0 Å². The van der Waals surface area contributed by atoms with E-state index in [0.717, 1.165) is 35.5 Å². The van der Waals surface area contributed by atoms with Crippen LogP contribution in [0.5, 0.6) is 0 Å². The van der Waals surface area contributed by atoms with Gasteiger partial charge in [0, 0.05) is 0 Å². The van der Waals surface area contributed by atoms with Crippen LogP contribution < -0.4 is 0 Å². The molecule has 3 fully saturated rings. The van der Waals surface area contributed by atoms with Crippen LogP contribution in [0.1, 0.15) is 123 Å². The summed E-state index contributed by atoms with van der Waals surface area (Å²) in [5.41, 5.74) is 0. The Morgan fingerprint density at radius 1 is 0.552 bits per heavy atom. The van der Waals surface area contributed by atoms with Gasteiger partial charge in [0.2, 0.25) is 0 Å². The summed E-state index contributed by atoms with van der Waals surface area (Å²) in [6.07, 6.45) is 35.2. The minimum absolute atomic E-state index is 0.891. The number of unbranched alkanes of at least 4 members (excludes halogenated alkanes) is 3. The SMILES string of the molecule is CC=CC1CCC(C2CCC(/C=C/C3CCC(CCCCCC)CC3)CC2)CC1. The van der Waals surface area contributed by atoms with Crippen LogP contribution >= 0.6 is 0 Å². The molecule has 0 atom stereocenters. The first-order chi connectivity index (χ1) is 14.3. The fourth-order valence-electron chi connectivity index (χ4n) is 6.73. The lowest BCUT2D eigenvalue weighted by Crippen LogP contribution is -2.25. The van der Waals surface area contributed by atoms with Gasteiger partial charge in [-0.2, -0.15) is 0 Å². The average molecular weight is 399 g/mol. The first-order valence-electron chi connectivity index (χ1n) is 13.6. The van der Waals surface area contributed by atoms with Gasteiger partial charge >= 0.3 is 0 Å². The summed E-state index contributed by atoms with van der Waals surface area (Å²) in [4.78, 5) is 0. The molecule has 29 heavy (non-hydrogen) atoms. The van der Waals surface area contributed by atoms with Crippen LogP contribution in [0.25, 0.3) is 0 Å². The number of hydrogen-bond donors (Lipinski definition) is 0. The first kappa shape index (κ1) is 23.1.